The van der Waals surface area contributed by atoms with Crippen molar-refractivity contribution in [3.8, 4) is 16.9 Å². The first-order chi connectivity index (χ1) is 22.4. The number of benzene rings is 3. The van der Waals surface area contributed by atoms with Gasteiger partial charge in [-0.1, -0.05) is 18.2 Å². The maximum absolute atomic E-state index is 13.9. The molecule has 16 heteroatoms. The van der Waals surface area contributed by atoms with Gasteiger partial charge < -0.3 is 18.8 Å². The number of halogens is 9. The second kappa shape index (κ2) is 12.1. The van der Waals surface area contributed by atoms with Gasteiger partial charge in [0.2, 0.25) is 0 Å². The van der Waals surface area contributed by atoms with E-state index >= 15 is 0 Å². The zero-order valence-electron chi connectivity index (χ0n) is 27.0. The van der Waals surface area contributed by atoms with Crippen LogP contribution >= 0.6 is 0 Å². The molecule has 0 aliphatic carbocycles. The van der Waals surface area contributed by atoms with Crippen molar-refractivity contribution >= 4 is 18.7 Å². The lowest BCUT2D eigenvalue weighted by molar-refractivity contribution is -0.143. The summed E-state index contributed by atoms with van der Waals surface area (Å²) in [6.07, 6.45) is -17.9. The summed E-state index contributed by atoms with van der Waals surface area (Å²) in [6, 6.07) is 7.36. The molecule has 0 saturated carbocycles. The van der Waals surface area contributed by atoms with Crippen LogP contribution < -0.4 is 10.2 Å². The van der Waals surface area contributed by atoms with E-state index in [0.29, 0.717) is 23.2 Å². The number of methoxy groups -OCH3 is 1. The summed E-state index contributed by atoms with van der Waals surface area (Å²) in [4.78, 5) is 14.1. The minimum Gasteiger partial charge on any atom is -0.496 e. The van der Waals surface area contributed by atoms with Gasteiger partial charge in [-0.05, 0) is 93.2 Å². The summed E-state index contributed by atoms with van der Waals surface area (Å²) in [5.74, 6) is 0.250. The van der Waals surface area contributed by atoms with E-state index in [4.69, 9.17) is 18.8 Å². The molecule has 2 atom stereocenters. The van der Waals surface area contributed by atoms with Crippen LogP contribution in [0.3, 0.4) is 0 Å². The van der Waals surface area contributed by atoms with E-state index < -0.39 is 83.9 Å². The molecule has 0 spiro atoms. The predicted octanol–water partition coefficient (Wildman–Crippen LogP) is 8.80. The summed E-state index contributed by atoms with van der Waals surface area (Å²) in [5, 5.41) is 0. The Bertz CT molecular complexity index is 1710. The molecule has 2 fully saturated rings. The topological polar surface area (TPSA) is 57.2 Å². The zero-order valence-corrected chi connectivity index (χ0v) is 27.0. The third kappa shape index (κ3) is 7.07. The van der Waals surface area contributed by atoms with Gasteiger partial charge in [-0.3, -0.25) is 4.90 Å². The van der Waals surface area contributed by atoms with E-state index in [1.165, 1.54) is 20.1 Å². The summed E-state index contributed by atoms with van der Waals surface area (Å²) in [7, 11) is 0.502. The number of hydrogen-bond acceptors (Lipinski definition) is 5. The second-order valence-electron chi connectivity index (χ2n) is 12.9. The zero-order chi connectivity index (χ0) is 36.5. The first kappa shape index (κ1) is 36.4. The van der Waals surface area contributed by atoms with Gasteiger partial charge in [0.1, 0.15) is 11.9 Å². The van der Waals surface area contributed by atoms with Gasteiger partial charge in [0.25, 0.3) is 0 Å². The van der Waals surface area contributed by atoms with Crippen molar-refractivity contribution in [3.05, 3.63) is 82.4 Å². The number of carbonyl (C=O) groups excluding carboxylic acids is 1. The fraction of sp³-hybridized carbons (Fsp3) is 0.424. The predicted molar refractivity (Wildman–Crippen MR) is 160 cm³/mol. The molecule has 2 heterocycles. The molecule has 2 aliphatic heterocycles. The van der Waals surface area contributed by atoms with Crippen LogP contribution in [0.15, 0.2) is 54.6 Å². The molecule has 6 nitrogen and oxygen atoms in total. The largest absolute Gasteiger partial charge is 0.496 e. The van der Waals surface area contributed by atoms with Gasteiger partial charge in [0, 0.05) is 5.56 Å². The number of hydrogen-bond donors (Lipinski definition) is 0. The van der Waals surface area contributed by atoms with E-state index in [1.54, 1.807) is 18.2 Å². The highest BCUT2D eigenvalue weighted by Gasteiger charge is 2.52. The minimum atomic E-state index is -5.15. The van der Waals surface area contributed by atoms with Crippen molar-refractivity contribution in [2.45, 2.75) is 83.0 Å². The quantitative estimate of drug-likeness (QED) is 0.190. The summed E-state index contributed by atoms with van der Waals surface area (Å²) >= 11 is 0. The van der Waals surface area contributed by atoms with Gasteiger partial charge in [-0.25, -0.2) is 4.79 Å². The molecule has 3 aromatic carbocycles. The minimum absolute atomic E-state index is 0.0522. The Morgan fingerprint density at radius 2 is 1.31 bits per heavy atom. The van der Waals surface area contributed by atoms with Crippen molar-refractivity contribution in [3.63, 3.8) is 0 Å². The molecule has 2 aliphatic rings. The molecule has 0 radical (unpaired) electrons. The van der Waals surface area contributed by atoms with E-state index in [1.807, 2.05) is 27.7 Å². The first-order valence-electron chi connectivity index (χ1n) is 14.9. The molecule has 0 unspecified atom stereocenters. The molecule has 0 bridgehead atoms. The average Bonchev–Trinajstić information content (AvgIpc) is 3.39. The van der Waals surface area contributed by atoms with Crippen molar-refractivity contribution in [1.29, 1.82) is 0 Å². The Labute approximate surface area is 276 Å². The highest BCUT2D eigenvalue weighted by atomic mass is 19.4. The maximum Gasteiger partial charge on any atom is 0.494 e. The molecule has 49 heavy (non-hydrogen) atoms. The van der Waals surface area contributed by atoms with Crippen LogP contribution in [-0.4, -0.2) is 42.5 Å². The first-order valence-corrected chi connectivity index (χ1v) is 14.9. The van der Waals surface area contributed by atoms with Crippen molar-refractivity contribution in [1.82, 2.24) is 4.90 Å². The molecule has 0 aromatic heterocycles. The van der Waals surface area contributed by atoms with Gasteiger partial charge >= 0.3 is 31.7 Å². The van der Waals surface area contributed by atoms with Crippen LogP contribution in [0, 0.1) is 0 Å². The van der Waals surface area contributed by atoms with Crippen LogP contribution in [0.25, 0.3) is 11.1 Å². The number of alkyl halides is 9. The maximum atomic E-state index is 13.9. The van der Waals surface area contributed by atoms with Crippen LogP contribution in [0.1, 0.15) is 68.5 Å². The number of cyclic esters (lactones) is 1. The number of carbonyl (C=O) groups is 1. The van der Waals surface area contributed by atoms with Gasteiger partial charge in [-0.15, -0.1) is 0 Å². The fourth-order valence-corrected chi connectivity index (χ4v) is 5.71. The second-order valence-corrected chi connectivity index (χ2v) is 12.9. The standard InChI is InChI=1S/C33H31BF9NO5/c1-17-27(18-11-21(32(38,39)40)14-22(12-18)33(41,42)43)47-28(45)44(17)16-19-13-20(31(35,36)37)7-9-24(19)25-15-23(8-10-26(25)46-6)34-48-29(2,3)30(4,5)49-34/h7-15,17,27H,16H2,1-6H3/t17-,27-/m0/s1. The van der Waals surface area contributed by atoms with Crippen LogP contribution in [0.5, 0.6) is 5.75 Å². The van der Waals surface area contributed by atoms with Crippen molar-refractivity contribution < 1.29 is 63.1 Å². The molecular formula is C33H31BF9NO5. The summed E-state index contributed by atoms with van der Waals surface area (Å²) < 4.78 is 146. The summed E-state index contributed by atoms with van der Waals surface area (Å²) in [5.41, 5.74) is -5.29. The van der Waals surface area contributed by atoms with Crippen LogP contribution in [-0.2, 0) is 39.1 Å². The number of ether oxygens (including phenoxy) is 2. The van der Waals surface area contributed by atoms with E-state index in [-0.39, 0.29) is 22.9 Å². The Morgan fingerprint density at radius 3 is 1.82 bits per heavy atom. The van der Waals surface area contributed by atoms with Gasteiger partial charge in [0.15, 0.2) is 0 Å². The van der Waals surface area contributed by atoms with Crippen LogP contribution in [0.2, 0.25) is 0 Å². The normalized spacial score (nSPS) is 20.9. The Hall–Kier alpha value is -3.92. The van der Waals surface area contributed by atoms with Crippen molar-refractivity contribution in [2.75, 3.05) is 7.11 Å². The average molecular weight is 703 g/mol. The highest BCUT2D eigenvalue weighted by Crippen LogP contribution is 2.43. The third-order valence-corrected chi connectivity index (χ3v) is 9.14. The Balaban J connectivity index is 1.57. The number of nitrogens with zero attached hydrogens (tertiary/aromatic N) is 1. The lowest BCUT2D eigenvalue weighted by Gasteiger charge is -2.32. The van der Waals surface area contributed by atoms with Crippen LogP contribution in [0.4, 0.5) is 44.3 Å². The smallest absolute Gasteiger partial charge is 0.494 e. The molecule has 1 amide bonds. The molecule has 0 N–H and O–H groups in total. The highest BCUT2D eigenvalue weighted by molar-refractivity contribution is 6.62. The number of amides is 1. The van der Waals surface area contributed by atoms with Gasteiger partial charge in [0.05, 0.1) is 47.6 Å². The van der Waals surface area contributed by atoms with Crippen molar-refractivity contribution in [2.24, 2.45) is 0 Å². The lowest BCUT2D eigenvalue weighted by Crippen LogP contribution is -2.41. The molecule has 264 valence electrons. The lowest BCUT2D eigenvalue weighted by atomic mass is 9.77. The molecule has 2 saturated heterocycles. The fourth-order valence-electron chi connectivity index (χ4n) is 5.71. The van der Waals surface area contributed by atoms with E-state index in [0.717, 1.165) is 17.0 Å². The Morgan fingerprint density at radius 1 is 0.755 bits per heavy atom. The Kier molecular flexibility index (Phi) is 9.01. The van der Waals surface area contributed by atoms with E-state index in [9.17, 15) is 44.3 Å². The molecule has 5 rings (SSSR count). The molecular weight excluding hydrogens is 672 g/mol. The SMILES string of the molecule is COc1ccc(B2OC(C)(C)C(C)(C)O2)cc1-c1ccc(C(F)(F)F)cc1CN1C(=O)O[C@H](c2cc(C(F)(F)F)cc(C(F)(F)F)c2)[C@@H]1C. The molecule has 3 aromatic rings. The van der Waals surface area contributed by atoms with Gasteiger partial charge in [-0.2, -0.15) is 39.5 Å². The summed E-state index contributed by atoms with van der Waals surface area (Å²) in [6.45, 7) is 8.15. The monoisotopic (exact) mass is 703 g/mol. The van der Waals surface area contributed by atoms with E-state index in [2.05, 4.69) is 0 Å². The number of rotatable bonds is 6. The third-order valence-electron chi connectivity index (χ3n) is 9.14.